The zero-order valence-electron chi connectivity index (χ0n) is 28.3. The molecule has 272 valence electrons. The molecule has 48 heavy (non-hydrogen) atoms. The molecule has 0 spiro atoms. The molecule has 3 fully saturated rings. The van der Waals surface area contributed by atoms with E-state index in [1.807, 2.05) is 13.8 Å². The normalized spacial score (nSPS) is 34.4. The fourth-order valence-corrected chi connectivity index (χ4v) is 5.25. The zero-order valence-corrected chi connectivity index (χ0v) is 28.3. The molecule has 3 rings (SSSR count). The Labute approximate surface area is 277 Å². The quantitative estimate of drug-likeness (QED) is 0.189. The van der Waals surface area contributed by atoms with E-state index in [2.05, 4.69) is 0 Å². The summed E-state index contributed by atoms with van der Waals surface area (Å²) in [6, 6.07) is 0. The third-order valence-corrected chi connectivity index (χ3v) is 6.94. The summed E-state index contributed by atoms with van der Waals surface area (Å²) in [6.45, 7) is 11.2. The van der Waals surface area contributed by atoms with Gasteiger partial charge in [-0.2, -0.15) is 0 Å². The standard InChI is InChI=1S/C30H44O18/c1-13(2)10-39-30(9)47-27-25(42-18(7)35)23(21(12-38-15(4)32)45-29(27)48-30)46-28-26(43-19(8)36)24(41-17(6)34)22(40-16(5)33)20(44-28)11-37-14(3)31/h13,20-29H,10-12H2,1-9H3/t20-,21-,22-,23-,24+,25+,26-,27-,28-,29-,30?/m1/s1. The molecule has 3 heterocycles. The highest BCUT2D eigenvalue weighted by atomic mass is 16.9. The van der Waals surface area contributed by atoms with Gasteiger partial charge in [0.15, 0.2) is 43.1 Å². The molecule has 3 aliphatic rings. The van der Waals surface area contributed by atoms with Gasteiger partial charge in [0, 0.05) is 48.5 Å². The number of fused-ring (bicyclic) bond motifs is 1. The summed E-state index contributed by atoms with van der Waals surface area (Å²) < 4.78 is 68.7. The number of esters is 6. The topological polar surface area (TPSA) is 213 Å². The van der Waals surface area contributed by atoms with Gasteiger partial charge in [-0.25, -0.2) is 0 Å². The maximum Gasteiger partial charge on any atom is 0.303 e. The minimum Gasteiger partial charge on any atom is -0.463 e. The first-order chi connectivity index (χ1) is 22.4. The van der Waals surface area contributed by atoms with Crippen LogP contribution in [0.1, 0.15) is 62.3 Å². The van der Waals surface area contributed by atoms with Gasteiger partial charge < -0.3 is 52.1 Å². The van der Waals surface area contributed by atoms with Crippen LogP contribution in [0.3, 0.4) is 0 Å². The van der Waals surface area contributed by atoms with Crippen molar-refractivity contribution in [2.75, 3.05) is 19.8 Å². The Morgan fingerprint density at radius 1 is 0.604 bits per heavy atom. The van der Waals surface area contributed by atoms with E-state index in [1.54, 1.807) is 0 Å². The lowest BCUT2D eigenvalue weighted by molar-refractivity contribution is -0.353. The molecule has 0 bridgehead atoms. The molecule has 0 aromatic carbocycles. The summed E-state index contributed by atoms with van der Waals surface area (Å²) >= 11 is 0. The lowest BCUT2D eigenvalue weighted by Gasteiger charge is -2.47. The lowest BCUT2D eigenvalue weighted by atomic mass is 9.96. The monoisotopic (exact) mass is 692 g/mol. The van der Waals surface area contributed by atoms with E-state index in [9.17, 15) is 28.8 Å². The molecule has 0 saturated carbocycles. The van der Waals surface area contributed by atoms with Gasteiger partial charge in [-0.15, -0.1) is 0 Å². The van der Waals surface area contributed by atoms with E-state index in [0.717, 1.165) is 41.5 Å². The van der Waals surface area contributed by atoms with Gasteiger partial charge in [0.2, 0.25) is 0 Å². The van der Waals surface area contributed by atoms with Gasteiger partial charge in [-0.1, -0.05) is 13.8 Å². The van der Waals surface area contributed by atoms with Crippen LogP contribution in [-0.4, -0.2) is 123 Å². The molecule has 1 unspecified atom stereocenters. The summed E-state index contributed by atoms with van der Waals surface area (Å²) in [6.07, 6.45) is -14.0. The molecular weight excluding hydrogens is 648 g/mol. The Hall–Kier alpha value is -3.42. The first kappa shape index (κ1) is 39.0. The summed E-state index contributed by atoms with van der Waals surface area (Å²) in [5.41, 5.74) is 0. The molecular formula is C30H44O18. The van der Waals surface area contributed by atoms with E-state index >= 15 is 0 Å². The number of hydrogen-bond acceptors (Lipinski definition) is 18. The van der Waals surface area contributed by atoms with Crippen molar-refractivity contribution in [2.24, 2.45) is 5.92 Å². The van der Waals surface area contributed by atoms with Crippen LogP contribution in [0.25, 0.3) is 0 Å². The first-order valence-corrected chi connectivity index (χ1v) is 15.3. The maximum absolute atomic E-state index is 12.4. The summed E-state index contributed by atoms with van der Waals surface area (Å²) in [7, 11) is 0. The van der Waals surface area contributed by atoms with Crippen LogP contribution in [0.5, 0.6) is 0 Å². The van der Waals surface area contributed by atoms with Crippen LogP contribution in [0.15, 0.2) is 0 Å². The van der Waals surface area contributed by atoms with Crippen molar-refractivity contribution in [3.8, 4) is 0 Å². The Balaban J connectivity index is 2.08. The van der Waals surface area contributed by atoms with Crippen molar-refractivity contribution < 1.29 is 85.6 Å². The molecule has 0 radical (unpaired) electrons. The minimum absolute atomic E-state index is 0.0946. The van der Waals surface area contributed by atoms with Crippen LogP contribution in [0.2, 0.25) is 0 Å². The molecule has 0 N–H and O–H groups in total. The molecule has 18 nitrogen and oxygen atoms in total. The van der Waals surface area contributed by atoms with Gasteiger partial charge in [0.25, 0.3) is 5.97 Å². The smallest absolute Gasteiger partial charge is 0.303 e. The number of hydrogen-bond donors (Lipinski definition) is 0. The largest absolute Gasteiger partial charge is 0.463 e. The first-order valence-electron chi connectivity index (χ1n) is 15.3. The maximum atomic E-state index is 12.4. The number of carbonyl (C=O) groups excluding carboxylic acids is 6. The van der Waals surface area contributed by atoms with Gasteiger partial charge in [-0.3, -0.25) is 33.5 Å². The van der Waals surface area contributed by atoms with Crippen LogP contribution >= 0.6 is 0 Å². The SMILES string of the molecule is CC(=O)OC[C@H]1O[C@H](O[C@H]2[C@H](OC(C)=O)[C@H]3OC(C)(OCC(C)C)O[C@H]3O[C@@H]2COC(C)=O)[C@H](OC(C)=O)[C@@H](OC(C)=O)[C@@H]1OC(C)=O. The summed E-state index contributed by atoms with van der Waals surface area (Å²) in [5.74, 6) is -6.25. The van der Waals surface area contributed by atoms with E-state index in [0.29, 0.717) is 0 Å². The van der Waals surface area contributed by atoms with Crippen LogP contribution < -0.4 is 0 Å². The highest BCUT2D eigenvalue weighted by Gasteiger charge is 2.61. The summed E-state index contributed by atoms with van der Waals surface area (Å²) in [5, 5.41) is 0. The van der Waals surface area contributed by atoms with Crippen LogP contribution in [0.4, 0.5) is 0 Å². The van der Waals surface area contributed by atoms with Crippen molar-refractivity contribution in [1.29, 1.82) is 0 Å². The molecule has 11 atom stereocenters. The predicted molar refractivity (Wildman–Crippen MR) is 153 cm³/mol. The molecule has 3 aliphatic heterocycles. The molecule has 18 heteroatoms. The van der Waals surface area contributed by atoms with E-state index in [1.165, 1.54) is 6.92 Å². The number of rotatable bonds is 13. The highest BCUT2D eigenvalue weighted by molar-refractivity contribution is 5.69. The Bertz CT molecular complexity index is 1190. The second-order valence-electron chi connectivity index (χ2n) is 11.9. The van der Waals surface area contributed by atoms with Gasteiger partial charge in [0.1, 0.15) is 31.5 Å². The van der Waals surface area contributed by atoms with Gasteiger partial charge in [-0.05, 0) is 5.92 Å². The predicted octanol–water partition coefficient (Wildman–Crippen LogP) is 0.436. The Morgan fingerprint density at radius 2 is 1.08 bits per heavy atom. The fourth-order valence-electron chi connectivity index (χ4n) is 5.25. The van der Waals surface area contributed by atoms with Crippen LogP contribution in [0, 0.1) is 5.92 Å². The molecule has 0 aliphatic carbocycles. The highest BCUT2D eigenvalue weighted by Crippen LogP contribution is 2.41. The Kier molecular flexibility index (Phi) is 13.7. The Morgan fingerprint density at radius 3 is 1.58 bits per heavy atom. The van der Waals surface area contributed by atoms with E-state index in [4.69, 9.17) is 56.8 Å². The van der Waals surface area contributed by atoms with E-state index < -0.39 is 116 Å². The third kappa shape index (κ3) is 10.8. The molecule has 0 amide bonds. The van der Waals surface area contributed by atoms with Crippen LogP contribution in [-0.2, 0) is 85.6 Å². The molecule has 0 aromatic heterocycles. The number of carbonyl (C=O) groups is 6. The van der Waals surface area contributed by atoms with Crippen molar-refractivity contribution in [3.63, 3.8) is 0 Å². The van der Waals surface area contributed by atoms with Crippen molar-refractivity contribution in [2.45, 2.75) is 130 Å². The summed E-state index contributed by atoms with van der Waals surface area (Å²) in [4.78, 5) is 72.7. The molecule has 0 aromatic rings. The minimum atomic E-state index is -1.69. The zero-order chi connectivity index (χ0) is 35.9. The average molecular weight is 693 g/mol. The lowest BCUT2D eigenvalue weighted by Crippen LogP contribution is -2.66. The van der Waals surface area contributed by atoms with Gasteiger partial charge in [0.05, 0.1) is 6.61 Å². The third-order valence-electron chi connectivity index (χ3n) is 6.94. The van der Waals surface area contributed by atoms with E-state index in [-0.39, 0.29) is 12.5 Å². The number of ether oxygens (including phenoxy) is 12. The van der Waals surface area contributed by atoms with Crippen molar-refractivity contribution in [1.82, 2.24) is 0 Å². The molecule has 3 saturated heterocycles. The average Bonchev–Trinajstić information content (AvgIpc) is 3.29. The fraction of sp³-hybridized carbons (Fsp3) is 0.800. The van der Waals surface area contributed by atoms with Gasteiger partial charge >= 0.3 is 35.8 Å². The van der Waals surface area contributed by atoms with Crippen molar-refractivity contribution in [3.05, 3.63) is 0 Å². The van der Waals surface area contributed by atoms with Crippen molar-refractivity contribution >= 4 is 35.8 Å². The second kappa shape index (κ2) is 16.8. The second-order valence-corrected chi connectivity index (χ2v) is 11.9.